The van der Waals surface area contributed by atoms with Gasteiger partial charge in [-0.15, -0.1) is 0 Å². The van der Waals surface area contributed by atoms with Crippen LogP contribution in [0.4, 0.5) is 11.4 Å². The highest BCUT2D eigenvalue weighted by Gasteiger charge is 2.24. The number of nitrogens with one attached hydrogen (secondary N) is 1. The van der Waals surface area contributed by atoms with Gasteiger partial charge in [-0.1, -0.05) is 41.9 Å². The van der Waals surface area contributed by atoms with Gasteiger partial charge in [-0.05, 0) is 12.1 Å². The molecular weight excluding hydrogens is 336 g/mol. The maximum atomic E-state index is 12.4. The molecule has 0 unspecified atom stereocenters. The predicted molar refractivity (Wildman–Crippen MR) is 87.7 cm³/mol. The van der Waals surface area contributed by atoms with Crippen molar-refractivity contribution in [3.8, 4) is 0 Å². The van der Waals surface area contributed by atoms with Gasteiger partial charge in [0.1, 0.15) is 5.02 Å². The van der Waals surface area contributed by atoms with Crippen LogP contribution in [-0.4, -0.2) is 16.8 Å². The van der Waals surface area contributed by atoms with Gasteiger partial charge in [-0.25, -0.2) is 0 Å². The number of halogens is 1. The number of amides is 1. The van der Waals surface area contributed by atoms with Crippen LogP contribution in [0.1, 0.15) is 18.6 Å². The topological polar surface area (TPSA) is 98.5 Å². The molecule has 0 aromatic heterocycles. The lowest BCUT2D eigenvalue weighted by molar-refractivity contribution is -0.384. The molecule has 0 saturated carbocycles. The van der Waals surface area contributed by atoms with Crippen molar-refractivity contribution in [2.45, 2.75) is 13.0 Å². The number of hydrogen-bond donors (Lipinski definition) is 1. The highest BCUT2D eigenvalue weighted by atomic mass is 35.5. The molecule has 0 aliphatic carbocycles. The Morgan fingerprint density at radius 3 is 2.46 bits per heavy atom. The molecule has 2 aromatic carbocycles. The maximum Gasteiger partial charge on any atom is 0.303 e. The third-order valence-electron chi connectivity index (χ3n) is 3.03. The fourth-order valence-corrected chi connectivity index (χ4v) is 2.19. The summed E-state index contributed by atoms with van der Waals surface area (Å²) in [6.07, 6.45) is -1.17. The second-order valence-corrected chi connectivity index (χ2v) is 5.22. The molecule has 1 amide bonds. The number of anilines is 1. The molecule has 1 atom stereocenters. The van der Waals surface area contributed by atoms with E-state index in [9.17, 15) is 19.7 Å². The summed E-state index contributed by atoms with van der Waals surface area (Å²) in [5.74, 6) is -1.26. The quantitative estimate of drug-likeness (QED) is 0.506. The van der Waals surface area contributed by atoms with Crippen LogP contribution in [0.2, 0.25) is 5.02 Å². The van der Waals surface area contributed by atoms with Crippen LogP contribution >= 0.6 is 11.6 Å². The van der Waals surface area contributed by atoms with Gasteiger partial charge < -0.3 is 10.1 Å². The lowest BCUT2D eigenvalue weighted by Crippen LogP contribution is -2.25. The molecule has 0 radical (unpaired) electrons. The Morgan fingerprint density at radius 1 is 1.21 bits per heavy atom. The van der Waals surface area contributed by atoms with E-state index in [0.717, 1.165) is 6.07 Å². The molecule has 0 aliphatic heterocycles. The van der Waals surface area contributed by atoms with E-state index in [1.807, 2.05) is 0 Å². The van der Waals surface area contributed by atoms with Crippen molar-refractivity contribution < 1.29 is 19.2 Å². The van der Waals surface area contributed by atoms with Crippen LogP contribution in [0, 0.1) is 10.1 Å². The highest BCUT2D eigenvalue weighted by Crippen LogP contribution is 2.28. The van der Waals surface area contributed by atoms with Gasteiger partial charge >= 0.3 is 5.97 Å². The molecule has 0 fully saturated rings. The number of hydrogen-bond acceptors (Lipinski definition) is 5. The van der Waals surface area contributed by atoms with Crippen LogP contribution in [0.5, 0.6) is 0 Å². The van der Waals surface area contributed by atoms with Gasteiger partial charge in [0.2, 0.25) is 6.10 Å². The molecule has 1 N–H and O–H groups in total. The Balaban J connectivity index is 2.26. The Hall–Kier alpha value is -2.93. The number of ether oxygens (including phenoxy) is 1. The van der Waals surface area contributed by atoms with Crippen molar-refractivity contribution in [3.63, 3.8) is 0 Å². The van der Waals surface area contributed by atoms with Crippen molar-refractivity contribution in [1.82, 2.24) is 0 Å². The number of nitro groups is 1. The third kappa shape index (κ3) is 4.30. The first-order chi connectivity index (χ1) is 11.4. The summed E-state index contributed by atoms with van der Waals surface area (Å²) in [6, 6.07) is 12.3. The molecule has 2 aromatic rings. The minimum absolute atomic E-state index is 0.0439. The van der Waals surface area contributed by atoms with Crippen LogP contribution in [0.25, 0.3) is 0 Å². The van der Waals surface area contributed by atoms with E-state index >= 15 is 0 Å². The zero-order valence-corrected chi connectivity index (χ0v) is 13.3. The van der Waals surface area contributed by atoms with E-state index in [0.29, 0.717) is 5.56 Å². The van der Waals surface area contributed by atoms with Crippen molar-refractivity contribution >= 4 is 34.9 Å². The third-order valence-corrected chi connectivity index (χ3v) is 3.35. The zero-order valence-electron chi connectivity index (χ0n) is 12.6. The normalized spacial score (nSPS) is 11.4. The summed E-state index contributed by atoms with van der Waals surface area (Å²) in [7, 11) is 0. The minimum atomic E-state index is -1.17. The molecule has 0 spiro atoms. The number of nitrogens with zero attached hydrogens (tertiary/aromatic N) is 1. The van der Waals surface area contributed by atoms with E-state index in [4.69, 9.17) is 16.3 Å². The molecule has 0 bridgehead atoms. The molecule has 7 nitrogen and oxygen atoms in total. The van der Waals surface area contributed by atoms with Gasteiger partial charge in [-0.2, -0.15) is 0 Å². The van der Waals surface area contributed by atoms with Crippen LogP contribution in [-0.2, 0) is 14.3 Å². The molecule has 24 heavy (non-hydrogen) atoms. The molecule has 0 aliphatic rings. The number of nitro benzene ring substituents is 1. The van der Waals surface area contributed by atoms with Crippen molar-refractivity contribution in [2.75, 3.05) is 5.32 Å². The lowest BCUT2D eigenvalue weighted by atomic mass is 10.1. The molecule has 2 rings (SSSR count). The summed E-state index contributed by atoms with van der Waals surface area (Å²) < 4.78 is 5.06. The maximum absolute atomic E-state index is 12.4. The Morgan fingerprint density at radius 2 is 1.88 bits per heavy atom. The average molecular weight is 349 g/mol. The number of rotatable bonds is 5. The van der Waals surface area contributed by atoms with Gasteiger partial charge in [0.05, 0.1) is 4.92 Å². The Bertz CT molecular complexity index is 779. The average Bonchev–Trinajstić information content (AvgIpc) is 2.54. The van der Waals surface area contributed by atoms with E-state index in [1.165, 1.54) is 19.1 Å². The van der Waals surface area contributed by atoms with E-state index < -0.39 is 22.9 Å². The van der Waals surface area contributed by atoms with Gasteiger partial charge in [0.15, 0.2) is 0 Å². The summed E-state index contributed by atoms with van der Waals surface area (Å²) in [5, 5.41) is 13.3. The lowest BCUT2D eigenvalue weighted by Gasteiger charge is -2.17. The fourth-order valence-electron chi connectivity index (χ4n) is 2.00. The molecule has 0 saturated heterocycles. The molecular formula is C16H13ClN2O5. The Kier molecular flexibility index (Phi) is 5.49. The Labute approximate surface area is 142 Å². The zero-order chi connectivity index (χ0) is 17.7. The first kappa shape index (κ1) is 17.4. The van der Waals surface area contributed by atoms with Gasteiger partial charge in [0, 0.05) is 24.2 Å². The number of carbonyl (C=O) groups excluding carboxylic acids is 2. The van der Waals surface area contributed by atoms with Crippen LogP contribution in [0.3, 0.4) is 0 Å². The summed E-state index contributed by atoms with van der Waals surface area (Å²) in [6.45, 7) is 1.19. The van der Waals surface area contributed by atoms with Crippen molar-refractivity contribution in [1.29, 1.82) is 0 Å². The predicted octanol–water partition coefficient (Wildman–Crippen LogP) is 3.49. The first-order valence-corrected chi connectivity index (χ1v) is 7.23. The van der Waals surface area contributed by atoms with Crippen molar-refractivity contribution in [3.05, 3.63) is 69.2 Å². The monoisotopic (exact) mass is 348 g/mol. The highest BCUT2D eigenvalue weighted by molar-refractivity contribution is 6.32. The molecule has 8 heteroatoms. The number of esters is 1. The fraction of sp³-hybridized carbons (Fsp3) is 0.125. The first-order valence-electron chi connectivity index (χ1n) is 6.85. The van der Waals surface area contributed by atoms with Crippen molar-refractivity contribution in [2.24, 2.45) is 0 Å². The summed E-state index contributed by atoms with van der Waals surface area (Å²) in [4.78, 5) is 33.9. The minimum Gasteiger partial charge on any atom is -0.447 e. The van der Waals surface area contributed by atoms with E-state index in [2.05, 4.69) is 5.32 Å². The second kappa shape index (κ2) is 7.56. The largest absolute Gasteiger partial charge is 0.447 e. The second-order valence-electron chi connectivity index (χ2n) is 4.81. The van der Waals surface area contributed by atoms with Gasteiger partial charge in [-0.3, -0.25) is 19.7 Å². The summed E-state index contributed by atoms with van der Waals surface area (Å²) in [5.41, 5.74) is 0.316. The SMILES string of the molecule is CC(=O)O[C@H](C(=O)Nc1ccc(Cl)c([N+](=O)[O-])c1)c1ccccc1. The van der Waals surface area contributed by atoms with Crippen LogP contribution in [0.15, 0.2) is 48.5 Å². The van der Waals surface area contributed by atoms with E-state index in [-0.39, 0.29) is 16.4 Å². The van der Waals surface area contributed by atoms with E-state index in [1.54, 1.807) is 30.3 Å². The molecule has 124 valence electrons. The standard InChI is InChI=1S/C16H13ClN2O5/c1-10(20)24-15(11-5-3-2-4-6-11)16(21)18-12-7-8-13(17)14(9-12)19(22)23/h2-9,15H,1H3,(H,18,21)/t15-/m0/s1. The summed E-state index contributed by atoms with van der Waals surface area (Å²) >= 11 is 5.73. The molecule has 0 heterocycles. The smallest absolute Gasteiger partial charge is 0.303 e. The number of carbonyl (C=O) groups is 2. The number of benzene rings is 2. The van der Waals surface area contributed by atoms with Crippen LogP contribution < -0.4 is 5.32 Å². The van der Waals surface area contributed by atoms with Gasteiger partial charge in [0.25, 0.3) is 11.6 Å².